The molecule has 1 heterocycles. The van der Waals surface area contributed by atoms with Crippen LogP contribution in [0.25, 0.3) is 5.69 Å². The third-order valence-electron chi connectivity index (χ3n) is 2.97. The van der Waals surface area contributed by atoms with Gasteiger partial charge in [0, 0.05) is 11.7 Å². The van der Waals surface area contributed by atoms with Gasteiger partial charge in [0.05, 0.1) is 18.2 Å². The number of hydrogen-bond acceptors (Lipinski definition) is 2. The van der Waals surface area contributed by atoms with Gasteiger partial charge in [-0.2, -0.15) is 0 Å². The molecule has 16 heavy (non-hydrogen) atoms. The first-order valence-electron chi connectivity index (χ1n) is 5.45. The van der Waals surface area contributed by atoms with Crippen molar-refractivity contribution in [3.8, 4) is 5.69 Å². The van der Waals surface area contributed by atoms with Crippen molar-refractivity contribution >= 4 is 0 Å². The second-order valence-electron chi connectivity index (χ2n) is 4.20. The Balaban J connectivity index is 2.59. The van der Waals surface area contributed by atoms with E-state index in [0.717, 1.165) is 11.4 Å². The molecule has 1 aromatic heterocycles. The summed E-state index contributed by atoms with van der Waals surface area (Å²) in [5, 5.41) is 0. The molecule has 0 aliphatic rings. The third-order valence-corrected chi connectivity index (χ3v) is 2.97. The number of nitrogens with zero attached hydrogens (tertiary/aromatic N) is 2. The number of imidazole rings is 1. The van der Waals surface area contributed by atoms with Crippen LogP contribution in [0.3, 0.4) is 0 Å². The number of hydrogen-bond donors (Lipinski definition) is 1. The summed E-state index contributed by atoms with van der Waals surface area (Å²) in [5.74, 6) is 0. The van der Waals surface area contributed by atoms with Gasteiger partial charge in [-0.25, -0.2) is 4.98 Å². The van der Waals surface area contributed by atoms with E-state index in [1.807, 2.05) is 19.4 Å². The van der Waals surface area contributed by atoms with E-state index in [1.165, 1.54) is 11.1 Å². The molecule has 2 rings (SSSR count). The minimum Gasteiger partial charge on any atom is -0.323 e. The number of aryl methyl sites for hydroxylation is 1. The molecular weight excluding hydrogens is 198 g/mol. The summed E-state index contributed by atoms with van der Waals surface area (Å²) in [7, 11) is 0. The highest BCUT2D eigenvalue weighted by atomic mass is 15.1. The number of nitrogens with two attached hydrogens (primary N) is 1. The lowest BCUT2D eigenvalue weighted by Gasteiger charge is -2.14. The molecule has 2 N–H and O–H groups in total. The number of aromatic nitrogens is 2. The maximum atomic E-state index is 5.92. The Bertz CT molecular complexity index is 498. The molecule has 0 aliphatic carbocycles. The van der Waals surface area contributed by atoms with E-state index in [1.54, 1.807) is 0 Å². The lowest BCUT2D eigenvalue weighted by Crippen LogP contribution is -2.11. The Kier molecular flexibility index (Phi) is 2.79. The van der Waals surface area contributed by atoms with Crippen LogP contribution in [0.1, 0.15) is 29.8 Å². The van der Waals surface area contributed by atoms with Gasteiger partial charge in [0.1, 0.15) is 0 Å². The average Bonchev–Trinajstić information content (AvgIpc) is 2.70. The van der Waals surface area contributed by atoms with Crippen LogP contribution < -0.4 is 5.73 Å². The standard InChI is InChI=1S/C13H17N3/c1-9-5-4-6-12(10(9)2)16-8-15-7-13(16)11(3)14/h4-8,11H,14H2,1-3H3/t11-/m1/s1. The SMILES string of the molecule is Cc1cccc(-n2cncc2[C@@H](C)N)c1C. The Morgan fingerprint density at radius 2 is 2.06 bits per heavy atom. The summed E-state index contributed by atoms with van der Waals surface area (Å²) in [5.41, 5.74) is 10.7. The molecule has 84 valence electrons. The van der Waals surface area contributed by atoms with Crippen LogP contribution in [0.4, 0.5) is 0 Å². The van der Waals surface area contributed by atoms with Crippen molar-refractivity contribution in [1.29, 1.82) is 0 Å². The van der Waals surface area contributed by atoms with Crippen LogP contribution in [-0.2, 0) is 0 Å². The van der Waals surface area contributed by atoms with E-state index in [9.17, 15) is 0 Å². The van der Waals surface area contributed by atoms with Crippen LogP contribution >= 0.6 is 0 Å². The summed E-state index contributed by atoms with van der Waals surface area (Å²) in [6.45, 7) is 6.20. The molecule has 0 amide bonds. The van der Waals surface area contributed by atoms with Gasteiger partial charge in [-0.1, -0.05) is 12.1 Å². The molecular formula is C13H17N3. The van der Waals surface area contributed by atoms with Crippen LogP contribution in [0, 0.1) is 13.8 Å². The first kappa shape index (κ1) is 10.9. The van der Waals surface area contributed by atoms with E-state index in [-0.39, 0.29) is 6.04 Å². The summed E-state index contributed by atoms with van der Waals surface area (Å²) in [6, 6.07) is 6.25. The van der Waals surface area contributed by atoms with Crippen LogP contribution in [0.2, 0.25) is 0 Å². The van der Waals surface area contributed by atoms with Gasteiger partial charge >= 0.3 is 0 Å². The molecule has 3 nitrogen and oxygen atoms in total. The van der Waals surface area contributed by atoms with E-state index in [2.05, 4.69) is 41.6 Å². The molecule has 0 bridgehead atoms. The molecule has 0 saturated carbocycles. The van der Waals surface area contributed by atoms with Gasteiger partial charge in [-0.15, -0.1) is 0 Å². The monoisotopic (exact) mass is 215 g/mol. The highest BCUT2D eigenvalue weighted by Gasteiger charge is 2.10. The van der Waals surface area contributed by atoms with Crippen molar-refractivity contribution in [3.05, 3.63) is 47.5 Å². The minimum absolute atomic E-state index is 0.0117. The highest BCUT2D eigenvalue weighted by molar-refractivity contribution is 5.45. The van der Waals surface area contributed by atoms with Gasteiger partial charge in [0.2, 0.25) is 0 Å². The summed E-state index contributed by atoms with van der Waals surface area (Å²) in [6.07, 6.45) is 3.65. The fraction of sp³-hybridized carbons (Fsp3) is 0.308. The first-order chi connectivity index (χ1) is 7.61. The smallest absolute Gasteiger partial charge is 0.0994 e. The second kappa shape index (κ2) is 4.10. The van der Waals surface area contributed by atoms with Crippen LogP contribution in [0.5, 0.6) is 0 Å². The van der Waals surface area contributed by atoms with Crippen molar-refractivity contribution < 1.29 is 0 Å². The largest absolute Gasteiger partial charge is 0.323 e. The fourth-order valence-corrected chi connectivity index (χ4v) is 1.84. The number of benzene rings is 1. The zero-order valence-electron chi connectivity index (χ0n) is 9.94. The third kappa shape index (κ3) is 1.74. The van der Waals surface area contributed by atoms with E-state index in [0.29, 0.717) is 0 Å². The first-order valence-corrected chi connectivity index (χ1v) is 5.45. The summed E-state index contributed by atoms with van der Waals surface area (Å²) >= 11 is 0. The molecule has 1 atom stereocenters. The second-order valence-corrected chi connectivity index (χ2v) is 4.20. The fourth-order valence-electron chi connectivity index (χ4n) is 1.84. The lowest BCUT2D eigenvalue weighted by molar-refractivity contribution is 0.751. The van der Waals surface area contributed by atoms with Crippen LogP contribution in [-0.4, -0.2) is 9.55 Å². The van der Waals surface area contributed by atoms with Gasteiger partial charge in [0.15, 0.2) is 0 Å². The molecule has 0 spiro atoms. The van der Waals surface area contributed by atoms with Crippen molar-refractivity contribution in [2.24, 2.45) is 5.73 Å². The zero-order valence-corrected chi connectivity index (χ0v) is 9.94. The molecule has 2 aromatic rings. The van der Waals surface area contributed by atoms with E-state index < -0.39 is 0 Å². The predicted octanol–water partition coefficient (Wildman–Crippen LogP) is 2.51. The molecule has 0 radical (unpaired) electrons. The van der Waals surface area contributed by atoms with Gasteiger partial charge in [-0.05, 0) is 38.0 Å². The lowest BCUT2D eigenvalue weighted by atomic mass is 10.1. The average molecular weight is 215 g/mol. The van der Waals surface area contributed by atoms with E-state index in [4.69, 9.17) is 5.73 Å². The van der Waals surface area contributed by atoms with Crippen LogP contribution in [0.15, 0.2) is 30.7 Å². The van der Waals surface area contributed by atoms with E-state index >= 15 is 0 Å². The molecule has 0 aliphatic heterocycles. The highest BCUT2D eigenvalue weighted by Crippen LogP contribution is 2.21. The Hall–Kier alpha value is -1.61. The molecule has 0 fully saturated rings. The number of rotatable bonds is 2. The Morgan fingerprint density at radius 1 is 1.31 bits per heavy atom. The maximum absolute atomic E-state index is 5.92. The quantitative estimate of drug-likeness (QED) is 0.836. The normalized spacial score (nSPS) is 12.8. The zero-order chi connectivity index (χ0) is 11.7. The maximum Gasteiger partial charge on any atom is 0.0994 e. The van der Waals surface area contributed by atoms with Crippen molar-refractivity contribution in [1.82, 2.24) is 9.55 Å². The summed E-state index contributed by atoms with van der Waals surface area (Å²) in [4.78, 5) is 4.17. The van der Waals surface area contributed by atoms with Gasteiger partial charge in [-0.3, -0.25) is 0 Å². The Morgan fingerprint density at radius 3 is 2.75 bits per heavy atom. The molecule has 3 heteroatoms. The molecule has 1 aromatic carbocycles. The Labute approximate surface area is 95.9 Å². The van der Waals surface area contributed by atoms with Gasteiger partial charge in [0.25, 0.3) is 0 Å². The molecule has 0 saturated heterocycles. The van der Waals surface area contributed by atoms with Gasteiger partial charge < -0.3 is 10.3 Å². The predicted molar refractivity (Wildman–Crippen MR) is 65.6 cm³/mol. The van der Waals surface area contributed by atoms with Crippen molar-refractivity contribution in [2.45, 2.75) is 26.8 Å². The topological polar surface area (TPSA) is 43.8 Å². The molecule has 0 unspecified atom stereocenters. The minimum atomic E-state index is -0.0117. The van der Waals surface area contributed by atoms with Crippen molar-refractivity contribution in [2.75, 3.05) is 0 Å². The summed E-state index contributed by atoms with van der Waals surface area (Å²) < 4.78 is 2.06. The van der Waals surface area contributed by atoms with Crippen molar-refractivity contribution in [3.63, 3.8) is 0 Å².